The van der Waals surface area contributed by atoms with Crippen LogP contribution in [-0.2, 0) is 13.0 Å². The maximum absolute atomic E-state index is 5.87. The zero-order valence-electron chi connectivity index (χ0n) is 11.0. The standard InChI is InChI=1S/C16H18ClNO/c1-12-2-7-16(14(10-12)8-9-18)19-11-13-3-5-15(17)6-4-13/h2-7,10H,8-9,11,18H2,1H3. The van der Waals surface area contributed by atoms with E-state index < -0.39 is 0 Å². The molecule has 0 heterocycles. The van der Waals surface area contributed by atoms with Gasteiger partial charge in [-0.05, 0) is 49.2 Å². The summed E-state index contributed by atoms with van der Waals surface area (Å²) in [5.41, 5.74) is 9.12. The fourth-order valence-corrected chi connectivity index (χ4v) is 2.07. The number of ether oxygens (including phenoxy) is 1. The van der Waals surface area contributed by atoms with Gasteiger partial charge < -0.3 is 10.5 Å². The molecule has 0 aliphatic carbocycles. The van der Waals surface area contributed by atoms with Crippen molar-refractivity contribution in [3.05, 3.63) is 64.2 Å². The molecule has 19 heavy (non-hydrogen) atoms. The normalized spacial score (nSPS) is 10.5. The van der Waals surface area contributed by atoms with Gasteiger partial charge >= 0.3 is 0 Å². The van der Waals surface area contributed by atoms with E-state index in [0.717, 1.165) is 28.3 Å². The Bertz CT molecular complexity index is 537. The first kappa shape index (κ1) is 13.9. The molecule has 0 saturated heterocycles. The van der Waals surface area contributed by atoms with Crippen LogP contribution in [0.25, 0.3) is 0 Å². The van der Waals surface area contributed by atoms with Crippen LogP contribution in [0.5, 0.6) is 5.75 Å². The van der Waals surface area contributed by atoms with E-state index in [1.165, 1.54) is 5.56 Å². The Kier molecular flexibility index (Phi) is 4.83. The van der Waals surface area contributed by atoms with Crippen molar-refractivity contribution >= 4 is 11.6 Å². The lowest BCUT2D eigenvalue weighted by atomic mass is 10.1. The molecule has 2 aromatic carbocycles. The van der Waals surface area contributed by atoms with Crippen molar-refractivity contribution < 1.29 is 4.74 Å². The third-order valence-corrected chi connectivity index (χ3v) is 3.19. The highest BCUT2D eigenvalue weighted by Crippen LogP contribution is 2.22. The lowest BCUT2D eigenvalue weighted by molar-refractivity contribution is 0.303. The fraction of sp³-hybridized carbons (Fsp3) is 0.250. The highest BCUT2D eigenvalue weighted by molar-refractivity contribution is 6.30. The first-order chi connectivity index (χ1) is 9.19. The molecular weight excluding hydrogens is 258 g/mol. The molecule has 0 fully saturated rings. The molecule has 0 radical (unpaired) electrons. The van der Waals surface area contributed by atoms with E-state index in [-0.39, 0.29) is 0 Å². The molecule has 0 spiro atoms. The number of hydrogen-bond acceptors (Lipinski definition) is 2. The molecule has 0 unspecified atom stereocenters. The molecule has 2 N–H and O–H groups in total. The Labute approximate surface area is 119 Å². The average Bonchev–Trinajstić information content (AvgIpc) is 2.40. The molecule has 0 aromatic heterocycles. The second kappa shape index (κ2) is 6.60. The molecule has 2 rings (SSSR count). The Balaban J connectivity index is 2.08. The summed E-state index contributed by atoms with van der Waals surface area (Å²) in [5, 5.41) is 0.739. The summed E-state index contributed by atoms with van der Waals surface area (Å²) in [6.07, 6.45) is 0.831. The number of benzene rings is 2. The van der Waals surface area contributed by atoms with Gasteiger partial charge in [-0.2, -0.15) is 0 Å². The second-order valence-electron chi connectivity index (χ2n) is 4.56. The molecule has 0 saturated carbocycles. The van der Waals surface area contributed by atoms with Crippen molar-refractivity contribution in [1.82, 2.24) is 0 Å². The van der Waals surface area contributed by atoms with Gasteiger partial charge in [0.2, 0.25) is 0 Å². The van der Waals surface area contributed by atoms with Crippen LogP contribution in [0.3, 0.4) is 0 Å². The van der Waals surface area contributed by atoms with E-state index in [0.29, 0.717) is 13.2 Å². The van der Waals surface area contributed by atoms with Gasteiger partial charge in [0.05, 0.1) is 0 Å². The summed E-state index contributed by atoms with van der Waals surface area (Å²) >= 11 is 5.86. The minimum Gasteiger partial charge on any atom is -0.489 e. The first-order valence-corrected chi connectivity index (χ1v) is 6.73. The second-order valence-corrected chi connectivity index (χ2v) is 5.00. The minimum absolute atomic E-state index is 0.539. The largest absolute Gasteiger partial charge is 0.489 e. The summed E-state index contributed by atoms with van der Waals surface area (Å²) in [4.78, 5) is 0. The summed E-state index contributed by atoms with van der Waals surface area (Å²) in [5.74, 6) is 0.908. The van der Waals surface area contributed by atoms with Crippen LogP contribution in [0, 0.1) is 6.92 Å². The molecule has 3 heteroatoms. The Hall–Kier alpha value is -1.51. The maximum atomic E-state index is 5.87. The van der Waals surface area contributed by atoms with Crippen molar-refractivity contribution in [2.75, 3.05) is 6.54 Å². The Morgan fingerprint density at radius 2 is 1.84 bits per heavy atom. The predicted octanol–water partition coefficient (Wildman–Crippen LogP) is 3.73. The van der Waals surface area contributed by atoms with E-state index in [9.17, 15) is 0 Å². The maximum Gasteiger partial charge on any atom is 0.123 e. The third kappa shape index (κ3) is 3.98. The van der Waals surface area contributed by atoms with Gasteiger partial charge in [-0.25, -0.2) is 0 Å². The minimum atomic E-state index is 0.539. The van der Waals surface area contributed by atoms with Crippen molar-refractivity contribution in [3.8, 4) is 5.75 Å². The number of nitrogens with two attached hydrogens (primary N) is 1. The van der Waals surface area contributed by atoms with Crippen molar-refractivity contribution in [1.29, 1.82) is 0 Å². The average molecular weight is 276 g/mol. The smallest absolute Gasteiger partial charge is 0.123 e. The van der Waals surface area contributed by atoms with Gasteiger partial charge in [0, 0.05) is 5.02 Å². The molecule has 100 valence electrons. The van der Waals surface area contributed by atoms with Crippen LogP contribution in [0.4, 0.5) is 0 Å². The van der Waals surface area contributed by atoms with E-state index >= 15 is 0 Å². The molecule has 2 nitrogen and oxygen atoms in total. The van der Waals surface area contributed by atoms with Crippen LogP contribution >= 0.6 is 11.6 Å². The van der Waals surface area contributed by atoms with Gasteiger partial charge in [-0.15, -0.1) is 0 Å². The van der Waals surface area contributed by atoms with Crippen LogP contribution in [0.2, 0.25) is 5.02 Å². The van der Waals surface area contributed by atoms with E-state index in [1.807, 2.05) is 30.3 Å². The van der Waals surface area contributed by atoms with E-state index in [2.05, 4.69) is 19.1 Å². The number of rotatable bonds is 5. The number of aryl methyl sites for hydroxylation is 1. The van der Waals surface area contributed by atoms with Crippen molar-refractivity contribution in [2.24, 2.45) is 5.73 Å². The molecule has 2 aromatic rings. The summed E-state index contributed by atoms with van der Waals surface area (Å²) in [6, 6.07) is 13.9. The zero-order chi connectivity index (χ0) is 13.7. The van der Waals surface area contributed by atoms with Crippen molar-refractivity contribution in [2.45, 2.75) is 20.0 Å². The lowest BCUT2D eigenvalue weighted by Crippen LogP contribution is -2.05. The molecule has 0 atom stereocenters. The molecule has 0 aliphatic rings. The first-order valence-electron chi connectivity index (χ1n) is 6.36. The van der Waals surface area contributed by atoms with Crippen LogP contribution in [0.1, 0.15) is 16.7 Å². The Morgan fingerprint density at radius 1 is 1.11 bits per heavy atom. The van der Waals surface area contributed by atoms with Gasteiger partial charge in [-0.1, -0.05) is 41.4 Å². The summed E-state index contributed by atoms with van der Waals surface area (Å²) < 4.78 is 5.87. The van der Waals surface area contributed by atoms with Crippen LogP contribution in [-0.4, -0.2) is 6.54 Å². The van der Waals surface area contributed by atoms with Gasteiger partial charge in [0.25, 0.3) is 0 Å². The van der Waals surface area contributed by atoms with Gasteiger partial charge in [-0.3, -0.25) is 0 Å². The van der Waals surface area contributed by atoms with E-state index in [4.69, 9.17) is 22.1 Å². The fourth-order valence-electron chi connectivity index (χ4n) is 1.94. The quantitative estimate of drug-likeness (QED) is 0.902. The highest BCUT2D eigenvalue weighted by Gasteiger charge is 2.04. The number of halogens is 1. The summed E-state index contributed by atoms with van der Waals surface area (Å²) in [6.45, 7) is 3.24. The lowest BCUT2D eigenvalue weighted by Gasteiger charge is -2.12. The predicted molar refractivity (Wildman–Crippen MR) is 79.7 cm³/mol. The SMILES string of the molecule is Cc1ccc(OCc2ccc(Cl)cc2)c(CCN)c1. The number of hydrogen-bond donors (Lipinski definition) is 1. The highest BCUT2D eigenvalue weighted by atomic mass is 35.5. The zero-order valence-corrected chi connectivity index (χ0v) is 11.8. The molecule has 0 amide bonds. The van der Waals surface area contributed by atoms with Crippen LogP contribution < -0.4 is 10.5 Å². The molecule has 0 aliphatic heterocycles. The topological polar surface area (TPSA) is 35.2 Å². The van der Waals surface area contributed by atoms with Gasteiger partial charge in [0.1, 0.15) is 12.4 Å². The van der Waals surface area contributed by atoms with Crippen molar-refractivity contribution in [3.63, 3.8) is 0 Å². The summed E-state index contributed by atoms with van der Waals surface area (Å²) in [7, 11) is 0. The Morgan fingerprint density at radius 3 is 2.53 bits per heavy atom. The van der Waals surface area contributed by atoms with Gasteiger partial charge in [0.15, 0.2) is 0 Å². The molecule has 0 bridgehead atoms. The monoisotopic (exact) mass is 275 g/mol. The van der Waals surface area contributed by atoms with E-state index in [1.54, 1.807) is 0 Å². The van der Waals surface area contributed by atoms with Crippen LogP contribution in [0.15, 0.2) is 42.5 Å². The molecular formula is C16H18ClNO. The third-order valence-electron chi connectivity index (χ3n) is 2.94.